The standard InChI is InChI=1S/C29H37.C8H17.2ClH.Zr/c1-18-25-22-17-19-13-9-10-14-20(19)24(22)21-15-11-12-16-23(21)29(25,8)28(6,7)27(4,5)26(18,2)3;1-3-5-7-8-6-4-2;;;/h9-11,13-15,23H,12,16-17H2,1-8H3;1,3-8H2,2H3;2*1H;/q2*-1;;;+4/p-2. The van der Waals surface area contributed by atoms with Crippen LogP contribution in [0, 0.1) is 40.4 Å². The first-order valence-corrected chi connectivity index (χ1v) is 15.3. The molecule has 0 saturated heterocycles. The van der Waals surface area contributed by atoms with Gasteiger partial charge in [-0.05, 0) is 40.6 Å². The fraction of sp³-hybridized carbons (Fsp3) is 0.622. The maximum absolute atomic E-state index is 3.78. The van der Waals surface area contributed by atoms with Gasteiger partial charge in [0, 0.05) is 0 Å². The van der Waals surface area contributed by atoms with Gasteiger partial charge in [0.15, 0.2) is 0 Å². The summed E-state index contributed by atoms with van der Waals surface area (Å²) in [5, 5.41) is 0. The Morgan fingerprint density at radius 2 is 1.52 bits per heavy atom. The summed E-state index contributed by atoms with van der Waals surface area (Å²) < 4.78 is 0. The van der Waals surface area contributed by atoms with Gasteiger partial charge in [-0.25, -0.2) is 5.92 Å². The van der Waals surface area contributed by atoms with E-state index in [2.05, 4.69) is 106 Å². The molecule has 0 aromatic heterocycles. The van der Waals surface area contributed by atoms with Crippen molar-refractivity contribution in [2.24, 2.45) is 27.6 Å². The van der Waals surface area contributed by atoms with Crippen LogP contribution in [0.5, 0.6) is 0 Å². The van der Waals surface area contributed by atoms with Crippen molar-refractivity contribution in [3.8, 4) is 0 Å². The molecule has 0 nitrogen and oxygen atoms in total. The Balaban J connectivity index is 0.000000644. The van der Waals surface area contributed by atoms with E-state index >= 15 is 0 Å². The summed E-state index contributed by atoms with van der Waals surface area (Å²) in [6.07, 6.45) is 16.5. The summed E-state index contributed by atoms with van der Waals surface area (Å²) in [7, 11) is 0. The predicted molar refractivity (Wildman–Crippen MR) is 163 cm³/mol. The van der Waals surface area contributed by atoms with Crippen molar-refractivity contribution in [3.05, 3.63) is 77.1 Å². The topological polar surface area (TPSA) is 0 Å². The minimum atomic E-state index is 0. The number of rotatable bonds is 5. The molecule has 220 valence electrons. The van der Waals surface area contributed by atoms with Gasteiger partial charge in [-0.15, -0.1) is 6.92 Å². The molecule has 40 heavy (non-hydrogen) atoms. The fourth-order valence-electron chi connectivity index (χ4n) is 8.35. The average Bonchev–Trinajstić information content (AvgIpc) is 3.25. The zero-order valence-corrected chi connectivity index (χ0v) is 30.8. The molecule has 4 aliphatic carbocycles. The number of halogens is 2. The molecule has 0 spiro atoms. The Labute approximate surface area is 279 Å². The molecule has 2 unspecified atom stereocenters. The quantitative estimate of drug-likeness (QED) is 0.303. The second-order valence-electron chi connectivity index (χ2n) is 14.0. The van der Waals surface area contributed by atoms with Crippen LogP contribution in [-0.4, -0.2) is 0 Å². The van der Waals surface area contributed by atoms with Gasteiger partial charge < -0.3 is 31.7 Å². The summed E-state index contributed by atoms with van der Waals surface area (Å²) in [6, 6.07) is 9.16. The van der Waals surface area contributed by atoms with Crippen LogP contribution in [0.4, 0.5) is 0 Å². The van der Waals surface area contributed by atoms with Gasteiger partial charge in [-0.1, -0.05) is 152 Å². The van der Waals surface area contributed by atoms with Crippen LogP contribution < -0.4 is 24.8 Å². The fourth-order valence-corrected chi connectivity index (χ4v) is 8.35. The summed E-state index contributed by atoms with van der Waals surface area (Å²) in [4.78, 5) is 0. The van der Waals surface area contributed by atoms with Gasteiger partial charge in [-0.2, -0.15) is 17.6 Å². The van der Waals surface area contributed by atoms with Gasteiger partial charge in [0.25, 0.3) is 0 Å². The summed E-state index contributed by atoms with van der Waals surface area (Å²) >= 11 is 0. The van der Waals surface area contributed by atoms with Gasteiger partial charge in [0.1, 0.15) is 0 Å². The second-order valence-corrected chi connectivity index (χ2v) is 14.0. The minimum Gasteiger partial charge on any atom is -1.00 e. The molecule has 4 aliphatic rings. The molecule has 0 amide bonds. The molecule has 2 atom stereocenters. The molecule has 0 heterocycles. The maximum atomic E-state index is 3.78. The van der Waals surface area contributed by atoms with Crippen LogP contribution in [0.3, 0.4) is 0 Å². The molecule has 0 N–H and O–H groups in total. The normalized spacial score (nSPS) is 26.1. The summed E-state index contributed by atoms with van der Waals surface area (Å²) in [6.45, 7) is 26.3. The van der Waals surface area contributed by atoms with Crippen LogP contribution in [0.1, 0.15) is 125 Å². The zero-order chi connectivity index (χ0) is 27.2. The molecule has 1 aromatic rings. The number of hydrogen-bond donors (Lipinski definition) is 0. The van der Waals surface area contributed by atoms with E-state index in [0.29, 0.717) is 5.92 Å². The largest absolute Gasteiger partial charge is 4.00 e. The average molecular weight is 661 g/mol. The molecule has 5 rings (SSSR count). The van der Waals surface area contributed by atoms with Crippen LogP contribution in [0.2, 0.25) is 0 Å². The van der Waals surface area contributed by atoms with Crippen molar-refractivity contribution < 1.29 is 51.0 Å². The molecule has 3 heteroatoms. The number of fused-ring (bicyclic) bond motifs is 6. The van der Waals surface area contributed by atoms with Gasteiger partial charge in [0.2, 0.25) is 0 Å². The predicted octanol–water partition coefficient (Wildman–Crippen LogP) is 5.15. The molecule has 0 aliphatic heterocycles. The van der Waals surface area contributed by atoms with E-state index in [4.69, 9.17) is 0 Å². The van der Waals surface area contributed by atoms with Crippen molar-refractivity contribution in [1.82, 2.24) is 0 Å². The molecule has 1 saturated carbocycles. The molecule has 1 fully saturated rings. The molecule has 0 bridgehead atoms. The first-order valence-electron chi connectivity index (χ1n) is 15.3. The van der Waals surface area contributed by atoms with Crippen molar-refractivity contribution in [2.75, 3.05) is 0 Å². The monoisotopic (exact) mass is 658 g/mol. The molecule has 1 aromatic carbocycles. The van der Waals surface area contributed by atoms with Crippen molar-refractivity contribution in [1.29, 1.82) is 0 Å². The number of allylic oxidation sites excluding steroid dienone is 6. The maximum Gasteiger partial charge on any atom is 4.00 e. The van der Waals surface area contributed by atoms with Crippen LogP contribution in [-0.2, 0) is 32.6 Å². The summed E-state index contributed by atoms with van der Waals surface area (Å²) in [5.41, 5.74) is 10.3. The summed E-state index contributed by atoms with van der Waals surface area (Å²) in [5.74, 6) is 2.24. The number of hydrogen-bond acceptors (Lipinski definition) is 0. The van der Waals surface area contributed by atoms with E-state index in [0.717, 1.165) is 12.8 Å². The third kappa shape index (κ3) is 5.57. The molecular weight excluding hydrogens is 607 g/mol. The Kier molecular flexibility index (Phi) is 13.3. The number of unbranched alkanes of at least 4 members (excludes halogenated alkanes) is 5. The first-order chi connectivity index (χ1) is 17.4. The first kappa shape index (κ1) is 37.8. The van der Waals surface area contributed by atoms with E-state index in [1.807, 2.05) is 0 Å². The van der Waals surface area contributed by atoms with Crippen LogP contribution in [0.15, 0.2) is 53.1 Å². The van der Waals surface area contributed by atoms with E-state index < -0.39 is 0 Å². The smallest absolute Gasteiger partial charge is 1.00 e. The third-order valence-corrected chi connectivity index (χ3v) is 12.1. The second kappa shape index (κ2) is 14.0. The van der Waals surface area contributed by atoms with Crippen LogP contribution in [0.25, 0.3) is 5.57 Å². The Morgan fingerprint density at radius 3 is 2.15 bits per heavy atom. The van der Waals surface area contributed by atoms with Crippen molar-refractivity contribution >= 4 is 5.57 Å². The Morgan fingerprint density at radius 1 is 0.900 bits per heavy atom. The van der Waals surface area contributed by atoms with Crippen LogP contribution >= 0.6 is 0 Å². The van der Waals surface area contributed by atoms with Gasteiger partial charge >= 0.3 is 26.2 Å². The number of benzene rings is 1. The van der Waals surface area contributed by atoms with Gasteiger partial charge in [0.05, 0.1) is 0 Å². The Bertz CT molecular complexity index is 1100. The van der Waals surface area contributed by atoms with E-state index in [-0.39, 0.29) is 72.7 Å². The molecule has 0 radical (unpaired) electrons. The van der Waals surface area contributed by atoms with Crippen molar-refractivity contribution in [2.45, 2.75) is 120 Å². The Hall–Kier alpha value is -0.227. The van der Waals surface area contributed by atoms with E-state index in [9.17, 15) is 0 Å². The third-order valence-electron chi connectivity index (χ3n) is 12.1. The van der Waals surface area contributed by atoms with Gasteiger partial charge in [-0.3, -0.25) is 0 Å². The molecular formula is C37H54Cl2Zr. The zero-order valence-electron chi connectivity index (χ0n) is 26.9. The SMILES string of the molecule is C[C-]1C2=C3Cc4ccccc4C3=C3C=CCCC3C2(C)C(C)(C)C(C)(C)C1(C)C.[CH2-]CCCCCCC.[Cl-].[Cl-].[Zr+4]. The minimum absolute atomic E-state index is 0. The van der Waals surface area contributed by atoms with E-state index in [1.165, 1.54) is 56.1 Å². The van der Waals surface area contributed by atoms with E-state index in [1.54, 1.807) is 28.2 Å². The van der Waals surface area contributed by atoms with Crippen molar-refractivity contribution in [3.63, 3.8) is 0 Å².